The first kappa shape index (κ1) is 13.0. The minimum absolute atomic E-state index is 0.371. The summed E-state index contributed by atoms with van der Waals surface area (Å²) < 4.78 is 0. The summed E-state index contributed by atoms with van der Waals surface area (Å²) in [4.78, 5) is 22.3. The molecule has 0 aromatic carbocycles. The molecule has 0 aromatic heterocycles. The molecule has 0 saturated heterocycles. The summed E-state index contributed by atoms with van der Waals surface area (Å²) in [6.07, 6.45) is 5.04. The van der Waals surface area contributed by atoms with E-state index in [1.54, 1.807) is 6.92 Å². The summed E-state index contributed by atoms with van der Waals surface area (Å²) in [5.41, 5.74) is 0. The highest BCUT2D eigenvalue weighted by Crippen LogP contribution is 2.37. The molecule has 1 rings (SSSR count). The molecular formula is C12H19O4. The van der Waals surface area contributed by atoms with E-state index in [4.69, 9.17) is 5.11 Å². The summed E-state index contributed by atoms with van der Waals surface area (Å²) >= 11 is 0. The summed E-state index contributed by atoms with van der Waals surface area (Å²) in [6.45, 7) is 1.73. The van der Waals surface area contributed by atoms with E-state index in [0.717, 1.165) is 38.0 Å². The third-order valence-corrected chi connectivity index (χ3v) is 3.36. The van der Waals surface area contributed by atoms with Crippen LogP contribution in [0.25, 0.3) is 0 Å². The first-order valence-electron chi connectivity index (χ1n) is 5.88. The highest BCUT2D eigenvalue weighted by atomic mass is 16.4. The topological polar surface area (TPSA) is 74.6 Å². The standard InChI is InChI=1S/C12H19O4/c1-2-9(11(13)14)10(12(15)16)8-6-4-3-5-7-8/h9-10H,2-7H2,1H3,(H,13,14)(H,15,16). The van der Waals surface area contributed by atoms with Gasteiger partial charge in [-0.2, -0.15) is 0 Å². The molecule has 2 N–H and O–H groups in total. The first-order valence-corrected chi connectivity index (χ1v) is 5.88. The zero-order valence-electron chi connectivity index (χ0n) is 9.61. The van der Waals surface area contributed by atoms with E-state index >= 15 is 0 Å². The van der Waals surface area contributed by atoms with E-state index in [2.05, 4.69) is 0 Å². The van der Waals surface area contributed by atoms with Crippen molar-refractivity contribution in [2.45, 2.75) is 45.4 Å². The van der Waals surface area contributed by atoms with Gasteiger partial charge in [-0.05, 0) is 25.2 Å². The Bertz CT molecular complexity index is 256. The predicted octanol–water partition coefficient (Wildman–Crippen LogP) is 2.34. The van der Waals surface area contributed by atoms with Gasteiger partial charge in [-0.25, -0.2) is 0 Å². The van der Waals surface area contributed by atoms with E-state index in [1.807, 2.05) is 0 Å². The van der Waals surface area contributed by atoms with Crippen LogP contribution in [-0.4, -0.2) is 22.2 Å². The lowest BCUT2D eigenvalue weighted by Crippen LogP contribution is -2.35. The van der Waals surface area contributed by atoms with Crippen molar-refractivity contribution in [3.63, 3.8) is 0 Å². The highest BCUT2D eigenvalue weighted by molar-refractivity contribution is 5.81. The maximum Gasteiger partial charge on any atom is 0.307 e. The first-order chi connectivity index (χ1) is 7.57. The molecule has 0 aromatic rings. The minimum Gasteiger partial charge on any atom is -0.481 e. The lowest BCUT2D eigenvalue weighted by Gasteiger charge is -2.30. The van der Waals surface area contributed by atoms with Gasteiger partial charge in [0.1, 0.15) is 0 Å². The number of aliphatic carboxylic acids is 2. The van der Waals surface area contributed by atoms with Crippen molar-refractivity contribution in [2.75, 3.05) is 0 Å². The van der Waals surface area contributed by atoms with Crippen LogP contribution in [0.15, 0.2) is 0 Å². The molecule has 91 valence electrons. The largest absolute Gasteiger partial charge is 0.481 e. The van der Waals surface area contributed by atoms with Crippen LogP contribution >= 0.6 is 0 Å². The molecule has 0 spiro atoms. The zero-order chi connectivity index (χ0) is 12.1. The van der Waals surface area contributed by atoms with Gasteiger partial charge in [0.15, 0.2) is 0 Å². The summed E-state index contributed by atoms with van der Waals surface area (Å²) in [6, 6.07) is 0. The molecule has 1 aliphatic carbocycles. The Labute approximate surface area is 95.7 Å². The molecule has 0 heterocycles. The summed E-state index contributed by atoms with van der Waals surface area (Å²) in [7, 11) is 0. The number of carbonyl (C=O) groups is 2. The Kier molecular flexibility index (Phi) is 4.77. The van der Waals surface area contributed by atoms with Crippen LogP contribution < -0.4 is 0 Å². The number of carboxylic acid groups (broad SMARTS) is 2. The SMILES string of the molecule is CCC(C(=O)O)C([C]1CCCCC1)C(=O)O. The average Bonchev–Trinajstić information content (AvgIpc) is 2.25. The molecular weight excluding hydrogens is 208 g/mol. The van der Waals surface area contributed by atoms with Gasteiger partial charge in [0.25, 0.3) is 0 Å². The van der Waals surface area contributed by atoms with Crippen LogP contribution in [0.4, 0.5) is 0 Å². The molecule has 1 aliphatic rings. The zero-order valence-corrected chi connectivity index (χ0v) is 9.61. The van der Waals surface area contributed by atoms with Crippen molar-refractivity contribution < 1.29 is 19.8 Å². The van der Waals surface area contributed by atoms with E-state index in [1.165, 1.54) is 0 Å². The highest BCUT2D eigenvalue weighted by Gasteiger charge is 2.39. The minimum atomic E-state index is -0.993. The fourth-order valence-corrected chi connectivity index (χ4v) is 2.50. The van der Waals surface area contributed by atoms with E-state index in [-0.39, 0.29) is 0 Å². The van der Waals surface area contributed by atoms with Crippen molar-refractivity contribution in [3.05, 3.63) is 5.92 Å². The molecule has 0 aliphatic heterocycles. The molecule has 4 heteroatoms. The fourth-order valence-electron chi connectivity index (χ4n) is 2.50. The second kappa shape index (κ2) is 5.87. The normalized spacial score (nSPS) is 21.3. The van der Waals surface area contributed by atoms with Gasteiger partial charge in [-0.3, -0.25) is 9.59 Å². The summed E-state index contributed by atoms with van der Waals surface area (Å²) in [5.74, 6) is -2.61. The van der Waals surface area contributed by atoms with E-state index in [0.29, 0.717) is 6.42 Å². The molecule has 0 bridgehead atoms. The van der Waals surface area contributed by atoms with E-state index < -0.39 is 23.8 Å². The Balaban J connectivity index is 2.79. The molecule has 1 radical (unpaired) electrons. The summed E-state index contributed by atoms with van der Waals surface area (Å²) in [5, 5.41) is 18.2. The van der Waals surface area contributed by atoms with Gasteiger partial charge < -0.3 is 10.2 Å². The van der Waals surface area contributed by atoms with Crippen LogP contribution in [0.3, 0.4) is 0 Å². The lowest BCUT2D eigenvalue weighted by molar-refractivity contribution is -0.153. The van der Waals surface area contributed by atoms with Crippen LogP contribution in [-0.2, 0) is 9.59 Å². The molecule has 2 unspecified atom stereocenters. The number of carboxylic acids is 2. The van der Waals surface area contributed by atoms with Crippen LogP contribution in [0, 0.1) is 17.8 Å². The molecule has 4 nitrogen and oxygen atoms in total. The van der Waals surface area contributed by atoms with Crippen LogP contribution in [0.1, 0.15) is 45.4 Å². The van der Waals surface area contributed by atoms with Crippen molar-refractivity contribution >= 4 is 11.9 Å². The van der Waals surface area contributed by atoms with Crippen LogP contribution in [0.2, 0.25) is 0 Å². The molecule has 0 amide bonds. The van der Waals surface area contributed by atoms with Gasteiger partial charge in [0, 0.05) is 0 Å². The fraction of sp³-hybridized carbons (Fsp3) is 0.750. The van der Waals surface area contributed by atoms with Gasteiger partial charge >= 0.3 is 11.9 Å². The molecule has 1 fully saturated rings. The third-order valence-electron chi connectivity index (χ3n) is 3.36. The van der Waals surface area contributed by atoms with Crippen molar-refractivity contribution in [2.24, 2.45) is 11.8 Å². The monoisotopic (exact) mass is 227 g/mol. The number of hydrogen-bond acceptors (Lipinski definition) is 2. The van der Waals surface area contributed by atoms with Crippen molar-refractivity contribution in [3.8, 4) is 0 Å². The van der Waals surface area contributed by atoms with Gasteiger partial charge in [0.05, 0.1) is 11.8 Å². The maximum atomic E-state index is 11.2. The Morgan fingerprint density at radius 3 is 2.06 bits per heavy atom. The Morgan fingerprint density at radius 2 is 1.69 bits per heavy atom. The van der Waals surface area contributed by atoms with Crippen molar-refractivity contribution in [1.29, 1.82) is 0 Å². The smallest absolute Gasteiger partial charge is 0.307 e. The van der Waals surface area contributed by atoms with E-state index in [9.17, 15) is 14.7 Å². The quantitative estimate of drug-likeness (QED) is 0.756. The Hall–Kier alpha value is -1.06. The average molecular weight is 227 g/mol. The third kappa shape index (κ3) is 2.97. The second-order valence-electron chi connectivity index (χ2n) is 4.39. The van der Waals surface area contributed by atoms with Gasteiger partial charge in [-0.15, -0.1) is 0 Å². The molecule has 1 saturated carbocycles. The maximum absolute atomic E-state index is 11.2. The number of rotatable bonds is 5. The van der Waals surface area contributed by atoms with Crippen LogP contribution in [0.5, 0.6) is 0 Å². The molecule has 16 heavy (non-hydrogen) atoms. The van der Waals surface area contributed by atoms with Gasteiger partial charge in [-0.1, -0.05) is 26.2 Å². The van der Waals surface area contributed by atoms with Crippen molar-refractivity contribution in [1.82, 2.24) is 0 Å². The second-order valence-corrected chi connectivity index (χ2v) is 4.39. The Morgan fingerprint density at radius 1 is 1.12 bits per heavy atom. The number of hydrogen-bond donors (Lipinski definition) is 2. The predicted molar refractivity (Wildman–Crippen MR) is 58.9 cm³/mol. The van der Waals surface area contributed by atoms with Gasteiger partial charge in [0.2, 0.25) is 0 Å². The lowest BCUT2D eigenvalue weighted by atomic mass is 9.73. The molecule has 2 atom stereocenters.